The van der Waals surface area contributed by atoms with Crippen LogP contribution in [0.25, 0.3) is 0 Å². The lowest BCUT2D eigenvalue weighted by molar-refractivity contribution is -0.141. The van der Waals surface area contributed by atoms with Crippen molar-refractivity contribution in [1.29, 1.82) is 0 Å². The number of rotatable bonds is 9. The Hall–Kier alpha value is -2.74. The third-order valence-corrected chi connectivity index (χ3v) is 5.29. The zero-order chi connectivity index (χ0) is 24.2. The predicted octanol–water partition coefficient (Wildman–Crippen LogP) is 6.23. The molecule has 3 N–H and O–H groups in total. The molecule has 182 valence electrons. The molecule has 6 nitrogen and oxygen atoms in total. The SMILES string of the molecule is CCCNc1ccccn1.O=C(C[C@@H](Cc1ccc(O)cc1)C(=O)O)c1c(Cl)cccc1Cl.S. The van der Waals surface area contributed by atoms with Gasteiger partial charge in [0.15, 0.2) is 5.78 Å². The summed E-state index contributed by atoms with van der Waals surface area (Å²) in [4.78, 5) is 27.9. The number of pyridine rings is 1. The fourth-order valence-electron chi connectivity index (χ4n) is 2.97. The number of hydrogen-bond donors (Lipinski definition) is 3. The van der Waals surface area contributed by atoms with E-state index in [-0.39, 0.29) is 47.7 Å². The molecule has 0 radical (unpaired) electrons. The van der Waals surface area contributed by atoms with Gasteiger partial charge in [-0.1, -0.05) is 54.4 Å². The number of phenolic OH excluding ortho intramolecular Hbond substituents is 1. The first-order valence-electron chi connectivity index (χ1n) is 10.4. The monoisotopic (exact) mass is 522 g/mol. The van der Waals surface area contributed by atoms with Gasteiger partial charge < -0.3 is 15.5 Å². The molecular formula is C25H28Cl2N2O4S. The van der Waals surface area contributed by atoms with Crippen molar-refractivity contribution in [3.63, 3.8) is 0 Å². The fourth-order valence-corrected chi connectivity index (χ4v) is 3.58. The molecule has 0 aliphatic rings. The van der Waals surface area contributed by atoms with E-state index >= 15 is 0 Å². The molecular weight excluding hydrogens is 495 g/mol. The number of ketones is 1. The summed E-state index contributed by atoms with van der Waals surface area (Å²) in [6, 6.07) is 16.7. The van der Waals surface area contributed by atoms with Gasteiger partial charge >= 0.3 is 5.97 Å². The van der Waals surface area contributed by atoms with Gasteiger partial charge in [0.05, 0.1) is 21.5 Å². The molecule has 0 aliphatic heterocycles. The van der Waals surface area contributed by atoms with Crippen molar-refractivity contribution in [2.75, 3.05) is 11.9 Å². The number of Topliss-reactive ketones (excluding diaryl/α,β-unsaturated/α-hetero) is 1. The first kappa shape index (κ1) is 29.3. The largest absolute Gasteiger partial charge is 0.508 e. The van der Waals surface area contributed by atoms with E-state index in [0.717, 1.165) is 18.8 Å². The number of benzene rings is 2. The topological polar surface area (TPSA) is 99.5 Å². The number of aromatic hydroxyl groups is 1. The maximum Gasteiger partial charge on any atom is 0.307 e. The van der Waals surface area contributed by atoms with Crippen LogP contribution in [-0.4, -0.2) is 33.5 Å². The highest BCUT2D eigenvalue weighted by atomic mass is 35.5. The second kappa shape index (κ2) is 15.2. The van der Waals surface area contributed by atoms with Crippen LogP contribution < -0.4 is 5.32 Å². The van der Waals surface area contributed by atoms with Crippen LogP contribution in [0, 0.1) is 5.92 Å². The lowest BCUT2D eigenvalue weighted by Crippen LogP contribution is -2.20. The molecule has 0 saturated heterocycles. The standard InChI is InChI=1S/C17H14Cl2O4.C8H12N2.H2S/c18-13-2-1-3-14(19)16(13)15(21)9-11(17(22)23)8-10-4-6-12(20)7-5-10;1-2-6-9-8-5-3-4-7-10-8;/h1-7,11,20H,8-9H2,(H,22,23);3-5,7H,2,6H2,1H3,(H,9,10);1H2/t11-;;/m1../s1. The van der Waals surface area contributed by atoms with Gasteiger partial charge in [0.1, 0.15) is 11.6 Å². The van der Waals surface area contributed by atoms with Crippen LogP contribution in [0.5, 0.6) is 5.75 Å². The predicted molar refractivity (Wildman–Crippen MR) is 142 cm³/mol. The van der Waals surface area contributed by atoms with Crippen LogP contribution in [0.2, 0.25) is 10.0 Å². The van der Waals surface area contributed by atoms with Crippen molar-refractivity contribution in [1.82, 2.24) is 4.98 Å². The van der Waals surface area contributed by atoms with Crippen molar-refractivity contribution in [3.05, 3.63) is 88.0 Å². The van der Waals surface area contributed by atoms with Gasteiger partial charge in [0.2, 0.25) is 0 Å². The Balaban J connectivity index is 0.000000442. The zero-order valence-corrected chi connectivity index (χ0v) is 21.2. The highest BCUT2D eigenvalue weighted by Gasteiger charge is 2.25. The van der Waals surface area contributed by atoms with E-state index in [1.165, 1.54) is 24.3 Å². The number of aliphatic carboxylic acids is 1. The summed E-state index contributed by atoms with van der Waals surface area (Å²) < 4.78 is 0. The lowest BCUT2D eigenvalue weighted by atomic mass is 9.92. The number of aromatic nitrogens is 1. The molecule has 1 heterocycles. The molecule has 0 aliphatic carbocycles. The van der Waals surface area contributed by atoms with E-state index in [4.69, 9.17) is 23.2 Å². The van der Waals surface area contributed by atoms with Gasteiger partial charge in [-0.15, -0.1) is 0 Å². The molecule has 0 fully saturated rings. The molecule has 9 heteroatoms. The number of carbonyl (C=O) groups excluding carboxylic acids is 1. The number of phenols is 1. The summed E-state index contributed by atoms with van der Waals surface area (Å²) in [6.45, 7) is 3.13. The number of halogens is 2. The Morgan fingerprint density at radius 1 is 1.00 bits per heavy atom. The summed E-state index contributed by atoms with van der Waals surface area (Å²) >= 11 is 12.0. The van der Waals surface area contributed by atoms with E-state index in [2.05, 4.69) is 17.2 Å². The smallest absolute Gasteiger partial charge is 0.307 e. The zero-order valence-electron chi connectivity index (χ0n) is 18.7. The van der Waals surface area contributed by atoms with Crippen molar-refractivity contribution in [2.24, 2.45) is 5.92 Å². The van der Waals surface area contributed by atoms with Crippen LogP contribution in [0.15, 0.2) is 66.9 Å². The minimum Gasteiger partial charge on any atom is -0.508 e. The number of carboxylic acids is 1. The number of nitrogens with zero attached hydrogens (tertiary/aromatic N) is 1. The van der Waals surface area contributed by atoms with Crippen LogP contribution >= 0.6 is 36.7 Å². The van der Waals surface area contributed by atoms with E-state index < -0.39 is 17.7 Å². The van der Waals surface area contributed by atoms with E-state index in [0.29, 0.717) is 5.56 Å². The molecule has 0 spiro atoms. The minimum absolute atomic E-state index is 0. The molecule has 34 heavy (non-hydrogen) atoms. The van der Waals surface area contributed by atoms with Gasteiger partial charge in [-0.2, -0.15) is 13.5 Å². The second-order valence-corrected chi connectivity index (χ2v) is 8.09. The second-order valence-electron chi connectivity index (χ2n) is 7.27. The number of carboxylic acid groups (broad SMARTS) is 1. The van der Waals surface area contributed by atoms with Gasteiger partial charge in [0.25, 0.3) is 0 Å². The fraction of sp³-hybridized carbons (Fsp3) is 0.240. The highest BCUT2D eigenvalue weighted by molar-refractivity contribution is 7.59. The normalized spacial score (nSPS) is 10.8. The maximum absolute atomic E-state index is 12.4. The average Bonchev–Trinajstić information content (AvgIpc) is 2.79. The van der Waals surface area contributed by atoms with E-state index in [9.17, 15) is 19.8 Å². The molecule has 0 unspecified atom stereocenters. The van der Waals surface area contributed by atoms with E-state index in [1.54, 1.807) is 24.4 Å². The van der Waals surface area contributed by atoms with Gasteiger partial charge in [-0.25, -0.2) is 4.98 Å². The van der Waals surface area contributed by atoms with Crippen LogP contribution in [0.4, 0.5) is 5.82 Å². The van der Waals surface area contributed by atoms with E-state index in [1.807, 2.05) is 18.2 Å². The Bertz CT molecular complexity index is 1030. The van der Waals surface area contributed by atoms with Crippen LogP contribution in [0.1, 0.15) is 35.7 Å². The van der Waals surface area contributed by atoms with Gasteiger partial charge in [-0.05, 0) is 54.8 Å². The molecule has 3 rings (SSSR count). The summed E-state index contributed by atoms with van der Waals surface area (Å²) in [5.74, 6) is -1.33. The number of nitrogens with one attached hydrogen (secondary N) is 1. The molecule has 3 aromatic rings. The molecule has 0 amide bonds. The third-order valence-electron chi connectivity index (χ3n) is 4.66. The lowest BCUT2D eigenvalue weighted by Gasteiger charge is -2.13. The van der Waals surface area contributed by atoms with Crippen molar-refractivity contribution in [2.45, 2.75) is 26.2 Å². The third kappa shape index (κ3) is 9.63. The van der Waals surface area contributed by atoms with Gasteiger partial charge in [-0.3, -0.25) is 9.59 Å². The Morgan fingerprint density at radius 3 is 2.18 bits per heavy atom. The molecule has 1 aromatic heterocycles. The number of carbonyl (C=O) groups is 2. The van der Waals surface area contributed by atoms with Crippen molar-refractivity contribution >= 4 is 54.3 Å². The number of hydrogen-bond acceptors (Lipinski definition) is 5. The van der Waals surface area contributed by atoms with Crippen molar-refractivity contribution in [3.8, 4) is 5.75 Å². The average molecular weight is 523 g/mol. The molecule has 0 bridgehead atoms. The Kier molecular flexibility index (Phi) is 13.1. The molecule has 0 saturated carbocycles. The van der Waals surface area contributed by atoms with Gasteiger partial charge in [0, 0.05) is 19.2 Å². The van der Waals surface area contributed by atoms with Crippen molar-refractivity contribution < 1.29 is 19.8 Å². The highest BCUT2D eigenvalue weighted by Crippen LogP contribution is 2.27. The molecule has 1 atom stereocenters. The summed E-state index contributed by atoms with van der Waals surface area (Å²) in [6.07, 6.45) is 2.89. The maximum atomic E-state index is 12.4. The quantitative estimate of drug-likeness (QED) is 0.288. The first-order valence-corrected chi connectivity index (χ1v) is 11.2. The summed E-state index contributed by atoms with van der Waals surface area (Å²) in [5.41, 5.74) is 0.862. The van der Waals surface area contributed by atoms with Crippen LogP contribution in [0.3, 0.4) is 0 Å². The molecule has 2 aromatic carbocycles. The summed E-state index contributed by atoms with van der Waals surface area (Å²) in [7, 11) is 0. The Morgan fingerprint density at radius 2 is 1.65 bits per heavy atom. The minimum atomic E-state index is -1.07. The van der Waals surface area contributed by atoms with Crippen LogP contribution in [-0.2, 0) is 11.2 Å². The first-order chi connectivity index (χ1) is 15.8. The summed E-state index contributed by atoms with van der Waals surface area (Å²) in [5, 5.41) is 22.2. The Labute approximate surface area is 216 Å². The number of anilines is 1.